The largest absolute Gasteiger partial charge is 0.456 e. The molecule has 2 heteroatoms. The van der Waals surface area contributed by atoms with E-state index >= 15 is 0 Å². The first-order valence-electron chi connectivity index (χ1n) is 19.2. The summed E-state index contributed by atoms with van der Waals surface area (Å²) in [5, 5.41) is 9.79. The highest BCUT2D eigenvalue weighted by atomic mass is 16.3. The molecule has 1 heterocycles. The highest BCUT2D eigenvalue weighted by Gasteiger charge is 2.19. The van der Waals surface area contributed by atoms with E-state index in [1.807, 2.05) is 0 Å². The molecule has 0 saturated heterocycles. The number of furan rings is 1. The van der Waals surface area contributed by atoms with Gasteiger partial charge in [-0.05, 0) is 115 Å². The molecule has 11 rings (SSSR count). The van der Waals surface area contributed by atoms with E-state index in [1.54, 1.807) is 0 Å². The van der Waals surface area contributed by atoms with Crippen LogP contribution in [0.2, 0.25) is 0 Å². The summed E-state index contributed by atoms with van der Waals surface area (Å²) in [7, 11) is 0. The van der Waals surface area contributed by atoms with Crippen molar-refractivity contribution in [2.75, 3.05) is 4.90 Å². The van der Waals surface area contributed by atoms with Crippen molar-refractivity contribution < 1.29 is 4.42 Å². The Morgan fingerprint density at radius 2 is 0.839 bits per heavy atom. The van der Waals surface area contributed by atoms with Crippen LogP contribution in [-0.4, -0.2) is 0 Å². The van der Waals surface area contributed by atoms with Gasteiger partial charge in [-0.3, -0.25) is 0 Å². The first-order chi connectivity index (χ1) is 27.7. The van der Waals surface area contributed by atoms with Gasteiger partial charge in [0.2, 0.25) is 0 Å². The van der Waals surface area contributed by atoms with Gasteiger partial charge in [0.25, 0.3) is 0 Å². The normalized spacial score (nSPS) is 11.6. The summed E-state index contributed by atoms with van der Waals surface area (Å²) in [5.74, 6) is 0. The smallest absolute Gasteiger partial charge is 0.136 e. The molecule has 0 saturated carbocycles. The third kappa shape index (κ3) is 5.42. The molecule has 56 heavy (non-hydrogen) atoms. The molecule has 0 atom stereocenters. The van der Waals surface area contributed by atoms with Crippen molar-refractivity contribution in [1.82, 2.24) is 0 Å². The minimum absolute atomic E-state index is 0.884. The van der Waals surface area contributed by atoms with E-state index in [0.717, 1.165) is 50.1 Å². The zero-order chi connectivity index (χ0) is 37.0. The number of rotatable bonds is 6. The van der Waals surface area contributed by atoms with Crippen molar-refractivity contribution in [3.8, 4) is 33.4 Å². The van der Waals surface area contributed by atoms with E-state index in [2.05, 4.69) is 217 Å². The van der Waals surface area contributed by atoms with Crippen LogP contribution in [-0.2, 0) is 0 Å². The summed E-state index contributed by atoms with van der Waals surface area (Å²) >= 11 is 0. The van der Waals surface area contributed by atoms with E-state index in [0.29, 0.717) is 0 Å². The third-order valence-electron chi connectivity index (χ3n) is 11.3. The first-order valence-corrected chi connectivity index (χ1v) is 19.2. The predicted molar refractivity (Wildman–Crippen MR) is 237 cm³/mol. The molecule has 0 unspecified atom stereocenters. The fraction of sp³-hybridized carbons (Fsp3) is 0. The molecule has 0 fully saturated rings. The van der Waals surface area contributed by atoms with Gasteiger partial charge in [0, 0.05) is 27.7 Å². The number of anilines is 3. The maximum absolute atomic E-state index is 6.54. The van der Waals surface area contributed by atoms with E-state index < -0.39 is 0 Å². The lowest BCUT2D eigenvalue weighted by molar-refractivity contribution is 0.669. The fourth-order valence-corrected chi connectivity index (χ4v) is 8.48. The molecule has 0 aliphatic rings. The Morgan fingerprint density at radius 1 is 0.304 bits per heavy atom. The SMILES string of the molecule is c1ccc(-c2ccc(N(c3ccc(-c4ccc5c(ccc6ccccc65)c4)cc3)c3ccccc3-c3ccc4c(c3)oc3ccc5ccccc5c34)cc2)cc1. The van der Waals surface area contributed by atoms with Gasteiger partial charge in [-0.15, -0.1) is 0 Å². The molecular weight excluding hydrogens is 679 g/mol. The van der Waals surface area contributed by atoms with Gasteiger partial charge in [0.05, 0.1) is 5.69 Å². The summed E-state index contributed by atoms with van der Waals surface area (Å²) in [6, 6.07) is 76.4. The number of para-hydroxylation sites is 1. The van der Waals surface area contributed by atoms with E-state index in [-0.39, 0.29) is 0 Å². The molecule has 0 bridgehead atoms. The van der Waals surface area contributed by atoms with Crippen molar-refractivity contribution in [2.24, 2.45) is 0 Å². The molecule has 2 nitrogen and oxygen atoms in total. The van der Waals surface area contributed by atoms with Crippen molar-refractivity contribution in [1.29, 1.82) is 0 Å². The number of hydrogen-bond donors (Lipinski definition) is 0. The molecular formula is C54H35NO. The van der Waals surface area contributed by atoms with E-state index in [9.17, 15) is 0 Å². The summed E-state index contributed by atoms with van der Waals surface area (Å²) in [6.45, 7) is 0. The molecule has 0 aliphatic carbocycles. The Hall–Kier alpha value is -7.42. The first kappa shape index (κ1) is 32.0. The van der Waals surface area contributed by atoms with Crippen molar-refractivity contribution in [3.63, 3.8) is 0 Å². The van der Waals surface area contributed by atoms with Gasteiger partial charge < -0.3 is 9.32 Å². The molecule has 11 aromatic rings. The summed E-state index contributed by atoms with van der Waals surface area (Å²) in [5.41, 5.74) is 12.0. The van der Waals surface area contributed by atoms with Crippen LogP contribution in [0.5, 0.6) is 0 Å². The Labute approximate surface area is 325 Å². The topological polar surface area (TPSA) is 16.4 Å². The fourth-order valence-electron chi connectivity index (χ4n) is 8.48. The standard InChI is InChI=1S/C54H35NO/c1-2-10-36(11-3-1)37-20-27-44(28-21-37)55(45-29-22-38(23-30-45)41-24-31-47-42(34-41)19-18-39-12-4-6-14-46(39)47)51-17-9-8-15-48(51)43-25-32-50-53(35-43)56-52-33-26-40-13-5-7-16-49(40)54(50)52/h1-35H. The summed E-state index contributed by atoms with van der Waals surface area (Å²) < 4.78 is 6.54. The van der Waals surface area contributed by atoms with Crippen LogP contribution in [0.4, 0.5) is 17.1 Å². The van der Waals surface area contributed by atoms with E-state index in [4.69, 9.17) is 4.42 Å². The Balaban J connectivity index is 1.03. The lowest BCUT2D eigenvalue weighted by atomic mass is 9.97. The van der Waals surface area contributed by atoms with Gasteiger partial charge in [-0.2, -0.15) is 0 Å². The quantitative estimate of drug-likeness (QED) is 0.160. The highest BCUT2D eigenvalue weighted by Crippen LogP contribution is 2.44. The van der Waals surface area contributed by atoms with Crippen LogP contribution in [0, 0.1) is 0 Å². The van der Waals surface area contributed by atoms with Gasteiger partial charge in [-0.1, -0.05) is 158 Å². The molecule has 0 amide bonds. The number of fused-ring (bicyclic) bond motifs is 8. The van der Waals surface area contributed by atoms with Gasteiger partial charge in [0.1, 0.15) is 11.2 Å². The highest BCUT2D eigenvalue weighted by molar-refractivity contribution is 6.19. The van der Waals surface area contributed by atoms with Crippen LogP contribution in [0.15, 0.2) is 217 Å². The summed E-state index contributed by atoms with van der Waals surface area (Å²) in [4.78, 5) is 2.37. The Bertz CT molecular complexity index is 3230. The lowest BCUT2D eigenvalue weighted by Crippen LogP contribution is -2.11. The Morgan fingerprint density at radius 3 is 1.62 bits per heavy atom. The number of nitrogens with zero attached hydrogens (tertiary/aromatic N) is 1. The van der Waals surface area contributed by atoms with Crippen molar-refractivity contribution in [2.45, 2.75) is 0 Å². The van der Waals surface area contributed by atoms with Crippen molar-refractivity contribution >= 4 is 71.3 Å². The zero-order valence-electron chi connectivity index (χ0n) is 30.6. The second kappa shape index (κ2) is 13.2. The molecule has 262 valence electrons. The van der Waals surface area contributed by atoms with Crippen LogP contribution < -0.4 is 4.90 Å². The molecule has 0 spiro atoms. The second-order valence-electron chi connectivity index (χ2n) is 14.5. The molecule has 1 aromatic heterocycles. The minimum atomic E-state index is 0.884. The van der Waals surface area contributed by atoms with Gasteiger partial charge in [-0.25, -0.2) is 0 Å². The van der Waals surface area contributed by atoms with Gasteiger partial charge >= 0.3 is 0 Å². The monoisotopic (exact) mass is 713 g/mol. The second-order valence-corrected chi connectivity index (χ2v) is 14.5. The third-order valence-corrected chi connectivity index (χ3v) is 11.3. The molecule has 0 radical (unpaired) electrons. The van der Waals surface area contributed by atoms with Crippen LogP contribution >= 0.6 is 0 Å². The summed E-state index contributed by atoms with van der Waals surface area (Å²) in [6.07, 6.45) is 0. The molecule has 0 aliphatic heterocycles. The minimum Gasteiger partial charge on any atom is -0.456 e. The van der Waals surface area contributed by atoms with Gasteiger partial charge in [0.15, 0.2) is 0 Å². The number of benzene rings is 10. The maximum Gasteiger partial charge on any atom is 0.136 e. The zero-order valence-corrected chi connectivity index (χ0v) is 30.6. The van der Waals surface area contributed by atoms with Crippen LogP contribution in [0.25, 0.3) is 87.6 Å². The predicted octanol–water partition coefficient (Wildman–Crippen LogP) is 15.5. The average molecular weight is 714 g/mol. The lowest BCUT2D eigenvalue weighted by Gasteiger charge is -2.28. The molecule has 0 N–H and O–H groups in total. The number of hydrogen-bond acceptors (Lipinski definition) is 2. The van der Waals surface area contributed by atoms with Crippen LogP contribution in [0.3, 0.4) is 0 Å². The van der Waals surface area contributed by atoms with Crippen molar-refractivity contribution in [3.05, 3.63) is 212 Å². The average Bonchev–Trinajstić information content (AvgIpc) is 3.66. The van der Waals surface area contributed by atoms with Crippen LogP contribution in [0.1, 0.15) is 0 Å². The molecule has 10 aromatic carbocycles. The maximum atomic E-state index is 6.54. The Kier molecular flexibility index (Phi) is 7.53. The van der Waals surface area contributed by atoms with E-state index in [1.165, 1.54) is 54.6 Å².